The molecule has 1 heterocycles. The van der Waals surface area contributed by atoms with Gasteiger partial charge in [0.05, 0.1) is 5.39 Å². The molecule has 20 heavy (non-hydrogen) atoms. The van der Waals surface area contributed by atoms with E-state index in [1.165, 1.54) is 21.4 Å². The number of fused-ring (bicyclic) bond motifs is 1. The van der Waals surface area contributed by atoms with Gasteiger partial charge in [0.1, 0.15) is 0 Å². The van der Waals surface area contributed by atoms with Crippen LogP contribution in [0.1, 0.15) is 5.56 Å². The zero-order valence-electron chi connectivity index (χ0n) is 11.3. The quantitative estimate of drug-likeness (QED) is 0.514. The Hall–Kier alpha value is -1.51. The summed E-state index contributed by atoms with van der Waals surface area (Å²) < 4.78 is 2.31. The maximum absolute atomic E-state index is 2.31. The van der Waals surface area contributed by atoms with Gasteiger partial charge in [-0.3, -0.25) is 0 Å². The number of nitrogens with zero attached hydrogens (tertiary/aromatic N) is 1. The van der Waals surface area contributed by atoms with Crippen molar-refractivity contribution >= 4 is 22.7 Å². The van der Waals surface area contributed by atoms with E-state index in [9.17, 15) is 0 Å². The van der Waals surface area contributed by atoms with Crippen LogP contribution in [-0.4, -0.2) is 6.26 Å². The Morgan fingerprint density at radius 1 is 0.900 bits per heavy atom. The van der Waals surface area contributed by atoms with Crippen LogP contribution in [0.25, 0.3) is 10.9 Å². The summed E-state index contributed by atoms with van der Waals surface area (Å²) in [6.45, 7) is 0.913. The molecule has 0 saturated carbocycles. The van der Waals surface area contributed by atoms with Gasteiger partial charge >= 0.3 is 0 Å². The first-order valence-corrected chi connectivity index (χ1v) is 7.60. The number of pyridine rings is 1. The predicted octanol–water partition coefficient (Wildman–Crippen LogP) is 0.901. The normalized spacial score (nSPS) is 10.2. The second-order valence-corrected chi connectivity index (χ2v) is 5.36. The van der Waals surface area contributed by atoms with Gasteiger partial charge in [-0.1, -0.05) is 42.5 Å². The Bertz CT molecular complexity index is 698. The van der Waals surface area contributed by atoms with Gasteiger partial charge in [-0.2, -0.15) is 4.57 Å². The van der Waals surface area contributed by atoms with Crippen molar-refractivity contribution in [2.75, 3.05) is 6.26 Å². The Morgan fingerprint density at radius 2 is 1.60 bits per heavy atom. The molecule has 0 spiro atoms. The van der Waals surface area contributed by atoms with Crippen molar-refractivity contribution in [3.8, 4) is 0 Å². The highest BCUT2D eigenvalue weighted by molar-refractivity contribution is 7.98. The Labute approximate surface area is 130 Å². The molecule has 3 aromatic rings. The van der Waals surface area contributed by atoms with Gasteiger partial charge in [0.15, 0.2) is 12.7 Å². The van der Waals surface area contributed by atoms with Crippen molar-refractivity contribution in [1.29, 1.82) is 0 Å². The summed E-state index contributed by atoms with van der Waals surface area (Å²) in [6, 6.07) is 21.4. The number of rotatable bonds is 3. The Morgan fingerprint density at radius 3 is 2.35 bits per heavy atom. The van der Waals surface area contributed by atoms with E-state index in [0.29, 0.717) is 0 Å². The van der Waals surface area contributed by atoms with Crippen LogP contribution in [0.2, 0.25) is 0 Å². The van der Waals surface area contributed by atoms with Crippen LogP contribution in [0.5, 0.6) is 0 Å². The maximum atomic E-state index is 2.31. The van der Waals surface area contributed by atoms with Gasteiger partial charge in [-0.05, 0) is 12.3 Å². The summed E-state index contributed by atoms with van der Waals surface area (Å²) in [4.78, 5) is 1.33. The molecule has 0 aliphatic rings. The summed E-state index contributed by atoms with van der Waals surface area (Å²) in [5.74, 6) is 0. The van der Waals surface area contributed by atoms with Crippen LogP contribution >= 0.6 is 11.8 Å². The standard InChI is InChI=1S/C17H16NS.ClH/c1-19-17-11-12-18(13-14-7-3-2-4-8-14)16-10-6-5-9-15(16)17;/h2-12H,13H2,1H3;1H/q+1;/p-1. The summed E-state index contributed by atoms with van der Waals surface area (Å²) in [6.07, 6.45) is 4.31. The summed E-state index contributed by atoms with van der Waals surface area (Å²) in [5, 5.41) is 1.33. The molecule has 0 bridgehead atoms. The molecule has 0 aliphatic carbocycles. The third kappa shape index (κ3) is 2.97. The third-order valence-corrected chi connectivity index (χ3v) is 4.10. The van der Waals surface area contributed by atoms with Gasteiger partial charge in [0.2, 0.25) is 5.52 Å². The minimum absolute atomic E-state index is 0. The van der Waals surface area contributed by atoms with Gasteiger partial charge in [-0.15, -0.1) is 11.8 Å². The molecule has 102 valence electrons. The highest BCUT2D eigenvalue weighted by Crippen LogP contribution is 2.23. The van der Waals surface area contributed by atoms with Crippen LogP contribution < -0.4 is 17.0 Å². The van der Waals surface area contributed by atoms with Crippen LogP contribution in [0.4, 0.5) is 0 Å². The van der Waals surface area contributed by atoms with Gasteiger partial charge in [0.25, 0.3) is 0 Å². The molecule has 0 unspecified atom stereocenters. The Kier molecular flexibility index (Phi) is 5.05. The third-order valence-electron chi connectivity index (χ3n) is 3.30. The molecule has 0 aliphatic heterocycles. The molecule has 0 amide bonds. The smallest absolute Gasteiger partial charge is 0.213 e. The summed E-state index contributed by atoms with van der Waals surface area (Å²) >= 11 is 1.80. The van der Waals surface area contributed by atoms with Crippen LogP contribution in [-0.2, 0) is 6.54 Å². The van der Waals surface area contributed by atoms with Crippen molar-refractivity contribution in [2.45, 2.75) is 11.4 Å². The zero-order chi connectivity index (χ0) is 13.1. The average molecular weight is 302 g/mol. The monoisotopic (exact) mass is 301 g/mol. The van der Waals surface area contributed by atoms with Crippen molar-refractivity contribution in [2.24, 2.45) is 0 Å². The SMILES string of the molecule is CSc1cc[n+](Cc2ccccc2)c2ccccc12.[Cl-]. The van der Waals surface area contributed by atoms with Crippen molar-refractivity contribution in [1.82, 2.24) is 0 Å². The maximum Gasteiger partial charge on any atom is 0.213 e. The fraction of sp³-hybridized carbons (Fsp3) is 0.118. The number of para-hydroxylation sites is 1. The molecule has 0 radical (unpaired) electrons. The number of thioether (sulfide) groups is 1. The highest BCUT2D eigenvalue weighted by atomic mass is 35.5. The predicted molar refractivity (Wildman–Crippen MR) is 81.5 cm³/mol. The molecule has 1 aromatic heterocycles. The highest BCUT2D eigenvalue weighted by Gasteiger charge is 2.11. The number of halogens is 1. The Balaban J connectivity index is 0.00000147. The molecule has 0 saturated heterocycles. The largest absolute Gasteiger partial charge is 1.00 e. The molecular formula is C17H16ClNS. The van der Waals surface area contributed by atoms with Gasteiger partial charge in [0, 0.05) is 22.6 Å². The molecular weight excluding hydrogens is 286 g/mol. The van der Waals surface area contributed by atoms with E-state index in [0.717, 1.165) is 6.54 Å². The average Bonchev–Trinajstić information content (AvgIpc) is 2.49. The molecule has 3 rings (SSSR count). The first-order chi connectivity index (χ1) is 9.38. The molecule has 1 nitrogen and oxygen atoms in total. The lowest BCUT2D eigenvalue weighted by Crippen LogP contribution is -3.00. The van der Waals surface area contributed by atoms with Crippen LogP contribution in [0, 0.1) is 0 Å². The molecule has 0 N–H and O–H groups in total. The van der Waals surface area contributed by atoms with Gasteiger partial charge in [-0.25, -0.2) is 0 Å². The summed E-state index contributed by atoms with van der Waals surface area (Å²) in [7, 11) is 0. The molecule has 0 fully saturated rings. The van der Waals surface area contributed by atoms with Crippen LogP contribution in [0.15, 0.2) is 71.8 Å². The number of benzene rings is 2. The minimum Gasteiger partial charge on any atom is -1.00 e. The topological polar surface area (TPSA) is 3.88 Å². The fourth-order valence-electron chi connectivity index (χ4n) is 2.36. The lowest BCUT2D eigenvalue weighted by atomic mass is 10.2. The second kappa shape index (κ2) is 6.78. The lowest BCUT2D eigenvalue weighted by molar-refractivity contribution is -0.662. The first-order valence-electron chi connectivity index (χ1n) is 6.37. The van der Waals surface area contributed by atoms with Crippen molar-refractivity contribution < 1.29 is 17.0 Å². The van der Waals surface area contributed by atoms with Crippen LogP contribution in [0.3, 0.4) is 0 Å². The van der Waals surface area contributed by atoms with E-state index in [1.54, 1.807) is 11.8 Å². The van der Waals surface area contributed by atoms with E-state index in [2.05, 4.69) is 77.7 Å². The molecule has 3 heteroatoms. The summed E-state index contributed by atoms with van der Waals surface area (Å²) in [5.41, 5.74) is 2.62. The lowest BCUT2D eigenvalue weighted by Gasteiger charge is -2.05. The minimum atomic E-state index is 0. The number of hydrogen-bond acceptors (Lipinski definition) is 1. The van der Waals surface area contributed by atoms with E-state index in [-0.39, 0.29) is 12.4 Å². The first kappa shape index (κ1) is 14.9. The van der Waals surface area contributed by atoms with E-state index >= 15 is 0 Å². The molecule has 2 aromatic carbocycles. The van der Waals surface area contributed by atoms with Crippen molar-refractivity contribution in [3.63, 3.8) is 0 Å². The van der Waals surface area contributed by atoms with Crippen molar-refractivity contribution in [3.05, 3.63) is 72.4 Å². The van der Waals surface area contributed by atoms with E-state index < -0.39 is 0 Å². The number of hydrogen-bond donors (Lipinski definition) is 0. The zero-order valence-corrected chi connectivity index (χ0v) is 12.9. The fourth-order valence-corrected chi connectivity index (χ4v) is 2.95. The van der Waals surface area contributed by atoms with E-state index in [1.807, 2.05) is 0 Å². The second-order valence-electron chi connectivity index (χ2n) is 4.51. The number of aromatic nitrogens is 1. The van der Waals surface area contributed by atoms with Gasteiger partial charge < -0.3 is 12.4 Å². The van der Waals surface area contributed by atoms with E-state index in [4.69, 9.17) is 0 Å². The molecule has 0 atom stereocenters.